The van der Waals surface area contributed by atoms with E-state index in [9.17, 15) is 9.18 Å². The Balaban J connectivity index is 1.40. The quantitative estimate of drug-likeness (QED) is 0.703. The van der Waals surface area contributed by atoms with Crippen LogP contribution in [0.3, 0.4) is 0 Å². The Morgan fingerprint density at radius 3 is 2.43 bits per heavy atom. The average Bonchev–Trinajstić information content (AvgIpc) is 2.66. The summed E-state index contributed by atoms with van der Waals surface area (Å²) in [6, 6.07) is 8.57. The Kier molecular flexibility index (Phi) is 7.25. The van der Waals surface area contributed by atoms with Crippen LogP contribution in [0.4, 0.5) is 4.39 Å². The van der Waals surface area contributed by atoms with Gasteiger partial charge >= 0.3 is 6.01 Å². The molecule has 0 bridgehead atoms. The van der Waals surface area contributed by atoms with E-state index in [0.717, 1.165) is 43.6 Å². The number of rotatable bonds is 7. The Morgan fingerprint density at radius 1 is 1.18 bits per heavy atom. The van der Waals surface area contributed by atoms with Crippen LogP contribution in [0.5, 0.6) is 6.01 Å². The number of ether oxygens (including phenoxy) is 1. The van der Waals surface area contributed by atoms with Crippen molar-refractivity contribution in [2.75, 3.05) is 0 Å². The Morgan fingerprint density at radius 2 is 1.82 bits per heavy atom. The molecule has 0 radical (unpaired) electrons. The summed E-state index contributed by atoms with van der Waals surface area (Å²) in [6.45, 7) is 4.33. The van der Waals surface area contributed by atoms with Crippen molar-refractivity contribution in [1.29, 1.82) is 0 Å². The predicted molar refractivity (Wildman–Crippen MR) is 108 cm³/mol. The van der Waals surface area contributed by atoms with Gasteiger partial charge in [-0.2, -0.15) is 0 Å². The molecule has 0 saturated heterocycles. The number of hydrogen-bond donors (Lipinski definition) is 1. The van der Waals surface area contributed by atoms with Crippen molar-refractivity contribution < 1.29 is 13.9 Å². The lowest BCUT2D eigenvalue weighted by atomic mass is 9.93. The monoisotopic (exact) mass is 403 g/mol. The van der Waals surface area contributed by atoms with Gasteiger partial charge in [-0.15, -0.1) is 11.8 Å². The van der Waals surface area contributed by atoms with E-state index in [4.69, 9.17) is 4.74 Å². The number of aromatic nitrogens is 2. The highest BCUT2D eigenvalue weighted by Gasteiger charge is 2.24. The van der Waals surface area contributed by atoms with Gasteiger partial charge < -0.3 is 10.1 Å². The highest BCUT2D eigenvalue weighted by molar-refractivity contribution is 7.99. The van der Waals surface area contributed by atoms with Crippen molar-refractivity contribution in [2.24, 2.45) is 0 Å². The van der Waals surface area contributed by atoms with Crippen LogP contribution in [0, 0.1) is 5.82 Å². The van der Waals surface area contributed by atoms with Crippen LogP contribution in [0.1, 0.15) is 45.1 Å². The number of amides is 1. The van der Waals surface area contributed by atoms with Crippen molar-refractivity contribution in [3.8, 4) is 6.01 Å². The molecule has 0 aliphatic heterocycles. The molecule has 0 spiro atoms. The maximum Gasteiger partial charge on any atom is 0.316 e. The highest BCUT2D eigenvalue weighted by atomic mass is 32.2. The number of nitrogens with zero attached hydrogens (tertiary/aromatic N) is 2. The zero-order chi connectivity index (χ0) is 19.9. The summed E-state index contributed by atoms with van der Waals surface area (Å²) in [7, 11) is 0. The highest BCUT2D eigenvalue weighted by Crippen LogP contribution is 2.24. The minimum Gasteiger partial charge on any atom is -0.460 e. The van der Waals surface area contributed by atoms with Crippen LogP contribution in [-0.2, 0) is 11.2 Å². The fourth-order valence-corrected chi connectivity index (χ4v) is 4.10. The van der Waals surface area contributed by atoms with E-state index in [2.05, 4.69) is 41.3 Å². The summed E-state index contributed by atoms with van der Waals surface area (Å²) < 4.78 is 18.5. The molecule has 0 unspecified atom stereocenters. The lowest BCUT2D eigenvalue weighted by Crippen LogP contribution is -2.40. The van der Waals surface area contributed by atoms with Crippen molar-refractivity contribution in [3.63, 3.8) is 0 Å². The van der Waals surface area contributed by atoms with Gasteiger partial charge in [-0.3, -0.25) is 4.79 Å². The van der Waals surface area contributed by atoms with Crippen LogP contribution in [0.2, 0.25) is 0 Å². The lowest BCUT2D eigenvalue weighted by molar-refractivity contribution is -0.121. The molecule has 1 aliphatic rings. The van der Waals surface area contributed by atoms with Crippen molar-refractivity contribution >= 4 is 17.7 Å². The summed E-state index contributed by atoms with van der Waals surface area (Å²) in [5.41, 5.74) is 1.02. The summed E-state index contributed by atoms with van der Waals surface area (Å²) in [5, 5.41) is 3.67. The molecule has 28 heavy (non-hydrogen) atoms. The van der Waals surface area contributed by atoms with Gasteiger partial charge in [-0.25, -0.2) is 14.4 Å². The third kappa shape index (κ3) is 6.48. The Labute approximate surface area is 169 Å². The number of thioether (sulfide) groups is 1. The first-order valence-electron chi connectivity index (χ1n) is 9.67. The van der Waals surface area contributed by atoms with E-state index in [-0.39, 0.29) is 24.1 Å². The molecule has 3 rings (SSSR count). The first kappa shape index (κ1) is 20.6. The Bertz CT molecular complexity index is 760. The van der Waals surface area contributed by atoms with Crippen molar-refractivity contribution in [2.45, 2.75) is 68.2 Å². The molecule has 1 heterocycles. The van der Waals surface area contributed by atoms with Crippen LogP contribution in [0.15, 0.2) is 41.6 Å². The largest absolute Gasteiger partial charge is 0.460 e. The zero-order valence-electron chi connectivity index (χ0n) is 16.2. The van der Waals surface area contributed by atoms with Gasteiger partial charge in [0.15, 0.2) is 5.82 Å². The van der Waals surface area contributed by atoms with Gasteiger partial charge in [-0.05, 0) is 43.4 Å². The fraction of sp³-hybridized carbons (Fsp3) is 0.476. The van der Waals surface area contributed by atoms with Gasteiger partial charge in [0.25, 0.3) is 0 Å². The maximum absolute atomic E-state index is 12.8. The van der Waals surface area contributed by atoms with Crippen LogP contribution in [0.25, 0.3) is 0 Å². The van der Waals surface area contributed by atoms with Crippen molar-refractivity contribution in [3.05, 3.63) is 48.0 Å². The molecule has 1 aliphatic carbocycles. The minimum atomic E-state index is -0.480. The van der Waals surface area contributed by atoms with Gasteiger partial charge in [-0.1, -0.05) is 26.0 Å². The van der Waals surface area contributed by atoms with E-state index < -0.39 is 5.82 Å². The molecule has 0 atom stereocenters. The van der Waals surface area contributed by atoms with Gasteiger partial charge in [0.2, 0.25) is 5.91 Å². The first-order valence-corrected chi connectivity index (χ1v) is 10.5. The molecule has 7 heteroatoms. The topological polar surface area (TPSA) is 64.1 Å². The lowest BCUT2D eigenvalue weighted by Gasteiger charge is -2.28. The van der Waals surface area contributed by atoms with E-state index >= 15 is 0 Å². The summed E-state index contributed by atoms with van der Waals surface area (Å²) >= 11 is 1.82. The SMILES string of the molecule is CC(C)Sc1ccc(CC(=O)NC2CCC(Oc3ncc(F)cn3)CC2)cc1. The third-order valence-corrected chi connectivity index (χ3v) is 5.58. The van der Waals surface area contributed by atoms with Crippen molar-refractivity contribution in [1.82, 2.24) is 15.3 Å². The molecular weight excluding hydrogens is 377 g/mol. The molecule has 1 fully saturated rings. The van der Waals surface area contributed by atoms with Gasteiger partial charge in [0, 0.05) is 16.2 Å². The second-order valence-electron chi connectivity index (χ2n) is 7.33. The van der Waals surface area contributed by atoms with Gasteiger partial charge in [0.05, 0.1) is 18.8 Å². The molecule has 5 nitrogen and oxygen atoms in total. The number of nitrogens with one attached hydrogen (secondary N) is 1. The average molecular weight is 404 g/mol. The first-order chi connectivity index (χ1) is 13.5. The van der Waals surface area contributed by atoms with E-state index in [1.807, 2.05) is 23.9 Å². The van der Waals surface area contributed by atoms with Gasteiger partial charge in [0.1, 0.15) is 6.10 Å². The van der Waals surface area contributed by atoms with E-state index in [0.29, 0.717) is 11.7 Å². The fourth-order valence-electron chi connectivity index (χ4n) is 3.26. The number of halogens is 1. The van der Waals surface area contributed by atoms with Crippen LogP contribution >= 0.6 is 11.8 Å². The number of carbonyl (C=O) groups is 1. The predicted octanol–water partition coefficient (Wildman–Crippen LogP) is 4.17. The summed E-state index contributed by atoms with van der Waals surface area (Å²) in [5.74, 6) is -0.428. The number of hydrogen-bond acceptors (Lipinski definition) is 5. The number of benzene rings is 1. The minimum absolute atomic E-state index is 0.00427. The molecule has 1 aromatic carbocycles. The maximum atomic E-state index is 12.8. The molecule has 2 aromatic rings. The summed E-state index contributed by atoms with van der Waals surface area (Å²) in [4.78, 5) is 21.2. The molecule has 150 valence electrons. The van der Waals surface area contributed by atoms with Crippen LogP contribution < -0.4 is 10.1 Å². The summed E-state index contributed by atoms with van der Waals surface area (Å²) in [6.07, 6.45) is 5.92. The number of carbonyl (C=O) groups excluding carboxylic acids is 1. The smallest absolute Gasteiger partial charge is 0.316 e. The van der Waals surface area contributed by atoms with E-state index in [1.54, 1.807) is 0 Å². The zero-order valence-corrected chi connectivity index (χ0v) is 17.0. The molecular formula is C21H26FN3O2S. The molecule has 1 saturated carbocycles. The standard InChI is InChI=1S/C21H26FN3O2S/c1-14(2)28-19-9-3-15(4-10-19)11-20(26)25-17-5-7-18(8-6-17)27-21-23-12-16(22)13-24-21/h3-4,9-10,12-14,17-18H,5-8,11H2,1-2H3,(H,25,26). The normalized spacial score (nSPS) is 19.4. The van der Waals surface area contributed by atoms with E-state index in [1.165, 1.54) is 4.90 Å². The van der Waals surface area contributed by atoms with Crippen LogP contribution in [-0.4, -0.2) is 33.3 Å². The molecule has 1 aromatic heterocycles. The Hall–Kier alpha value is -2.15. The second-order valence-corrected chi connectivity index (χ2v) is 8.98. The second kappa shape index (κ2) is 9.87. The third-order valence-electron chi connectivity index (χ3n) is 4.57. The molecule has 1 amide bonds. The molecule has 1 N–H and O–H groups in total.